The van der Waals surface area contributed by atoms with E-state index in [9.17, 15) is 14.4 Å². The monoisotopic (exact) mass is 264 g/mol. The summed E-state index contributed by atoms with van der Waals surface area (Å²) in [5.74, 6) is -1.12. The average molecular weight is 265 g/mol. The molecule has 0 bridgehead atoms. The van der Waals surface area contributed by atoms with E-state index in [1.165, 1.54) is 11.9 Å². The third kappa shape index (κ3) is 1.14. The van der Waals surface area contributed by atoms with Gasteiger partial charge in [0, 0.05) is 23.2 Å². The maximum absolute atomic E-state index is 12.1. The number of hydrogen-bond acceptors (Lipinski definition) is 3. The fraction of sp³-hybridized carbons (Fsp3) is 0.250. The van der Waals surface area contributed by atoms with E-state index in [0.717, 1.165) is 0 Å². The van der Waals surface area contributed by atoms with E-state index in [2.05, 4.69) is 5.32 Å². The molecule has 6 heteroatoms. The summed E-state index contributed by atoms with van der Waals surface area (Å²) >= 11 is 5.92. The van der Waals surface area contributed by atoms with Crippen molar-refractivity contribution in [2.45, 2.75) is 12.0 Å². The van der Waals surface area contributed by atoms with Crippen molar-refractivity contribution >= 4 is 29.3 Å². The largest absolute Gasteiger partial charge is 0.323 e. The predicted molar refractivity (Wildman–Crippen MR) is 63.0 cm³/mol. The van der Waals surface area contributed by atoms with Gasteiger partial charge in [0.15, 0.2) is 5.54 Å². The fourth-order valence-electron chi connectivity index (χ4n) is 2.66. The number of carbonyl (C=O) groups excluding carboxylic acids is 3. The molecule has 1 aromatic carbocycles. The van der Waals surface area contributed by atoms with Gasteiger partial charge in [0.2, 0.25) is 5.91 Å². The molecular weight excluding hydrogens is 256 g/mol. The van der Waals surface area contributed by atoms with Crippen LogP contribution in [0.3, 0.4) is 0 Å². The van der Waals surface area contributed by atoms with E-state index < -0.39 is 11.4 Å². The van der Waals surface area contributed by atoms with Crippen molar-refractivity contribution in [1.82, 2.24) is 10.2 Å². The van der Waals surface area contributed by atoms with Crippen LogP contribution in [0.1, 0.15) is 22.3 Å². The van der Waals surface area contributed by atoms with Gasteiger partial charge >= 0.3 is 0 Å². The van der Waals surface area contributed by atoms with E-state index in [4.69, 9.17) is 11.6 Å². The van der Waals surface area contributed by atoms with Gasteiger partial charge in [-0.15, -0.1) is 0 Å². The van der Waals surface area contributed by atoms with Crippen LogP contribution in [0.4, 0.5) is 0 Å². The fourth-order valence-corrected chi connectivity index (χ4v) is 2.83. The molecule has 1 saturated heterocycles. The number of imide groups is 1. The smallest absolute Gasteiger partial charge is 0.257 e. The quantitative estimate of drug-likeness (QED) is 0.701. The summed E-state index contributed by atoms with van der Waals surface area (Å²) in [6.45, 7) is 0. The molecule has 0 aliphatic carbocycles. The Morgan fingerprint density at radius 2 is 2.06 bits per heavy atom. The summed E-state index contributed by atoms with van der Waals surface area (Å²) in [7, 11) is 1.52. The second kappa shape index (κ2) is 3.32. The van der Waals surface area contributed by atoms with E-state index in [1.807, 2.05) is 0 Å². The Morgan fingerprint density at radius 3 is 2.67 bits per heavy atom. The van der Waals surface area contributed by atoms with Gasteiger partial charge in [0.1, 0.15) is 0 Å². The van der Waals surface area contributed by atoms with Crippen LogP contribution in [-0.4, -0.2) is 29.7 Å². The molecule has 1 atom stereocenters. The summed E-state index contributed by atoms with van der Waals surface area (Å²) in [5, 5.41) is 2.68. The first kappa shape index (κ1) is 11.2. The summed E-state index contributed by atoms with van der Waals surface area (Å²) in [6, 6.07) is 4.76. The zero-order chi connectivity index (χ0) is 13.1. The Bertz CT molecular complexity index is 613. The summed E-state index contributed by atoms with van der Waals surface area (Å²) in [4.78, 5) is 37.0. The van der Waals surface area contributed by atoms with Gasteiger partial charge in [-0.05, 0) is 18.2 Å². The third-order valence-electron chi connectivity index (χ3n) is 3.58. The molecule has 5 nitrogen and oxygen atoms in total. The lowest BCUT2D eigenvalue weighted by Gasteiger charge is -2.28. The lowest BCUT2D eigenvalue weighted by atomic mass is 9.88. The molecule has 0 aromatic heterocycles. The average Bonchev–Trinajstić information content (AvgIpc) is 2.72. The van der Waals surface area contributed by atoms with E-state index in [1.54, 1.807) is 18.2 Å². The van der Waals surface area contributed by atoms with E-state index >= 15 is 0 Å². The maximum Gasteiger partial charge on any atom is 0.257 e. The highest BCUT2D eigenvalue weighted by Gasteiger charge is 2.58. The lowest BCUT2D eigenvalue weighted by molar-refractivity contribution is -0.128. The molecule has 18 heavy (non-hydrogen) atoms. The molecule has 92 valence electrons. The van der Waals surface area contributed by atoms with Crippen LogP contribution in [-0.2, 0) is 15.1 Å². The van der Waals surface area contributed by atoms with Crippen molar-refractivity contribution in [2.24, 2.45) is 0 Å². The molecule has 1 fully saturated rings. The number of hydrogen-bond donors (Lipinski definition) is 1. The summed E-state index contributed by atoms with van der Waals surface area (Å²) in [6.07, 6.45) is -0.0542. The molecule has 1 spiro atoms. The van der Waals surface area contributed by atoms with E-state index in [-0.39, 0.29) is 18.2 Å². The molecule has 3 amide bonds. The number of amides is 3. The van der Waals surface area contributed by atoms with Gasteiger partial charge in [-0.3, -0.25) is 19.7 Å². The van der Waals surface area contributed by atoms with Crippen molar-refractivity contribution in [3.8, 4) is 0 Å². The lowest BCUT2D eigenvalue weighted by Crippen LogP contribution is -2.46. The Morgan fingerprint density at radius 1 is 1.33 bits per heavy atom. The van der Waals surface area contributed by atoms with Crippen LogP contribution in [0, 0.1) is 0 Å². The van der Waals surface area contributed by atoms with Crippen molar-refractivity contribution in [1.29, 1.82) is 0 Å². The van der Waals surface area contributed by atoms with Crippen molar-refractivity contribution < 1.29 is 14.4 Å². The standard InChI is InChI=1S/C12H9ClN2O3/c1-15-10(17)7-3-2-6(13)4-8(7)12(15)5-9(16)14-11(12)18/h2-4H,5H2,1H3,(H,14,16,18)/t12-/m1/s1. The maximum atomic E-state index is 12.1. The van der Waals surface area contributed by atoms with Gasteiger partial charge in [-0.1, -0.05) is 11.6 Å². The molecule has 0 unspecified atom stereocenters. The van der Waals surface area contributed by atoms with E-state index in [0.29, 0.717) is 16.1 Å². The Kier molecular flexibility index (Phi) is 2.07. The highest BCUT2D eigenvalue weighted by atomic mass is 35.5. The molecule has 2 heterocycles. The van der Waals surface area contributed by atoms with Crippen LogP contribution in [0.25, 0.3) is 0 Å². The van der Waals surface area contributed by atoms with Gasteiger partial charge < -0.3 is 4.90 Å². The second-order valence-corrected chi connectivity index (χ2v) is 4.90. The number of fused-ring (bicyclic) bond motifs is 2. The number of nitrogens with zero attached hydrogens (tertiary/aromatic N) is 1. The first-order chi connectivity index (χ1) is 8.46. The highest BCUT2D eigenvalue weighted by Crippen LogP contribution is 2.44. The van der Waals surface area contributed by atoms with Crippen LogP contribution in [0.15, 0.2) is 18.2 Å². The summed E-state index contributed by atoms with van der Waals surface area (Å²) in [5.41, 5.74) is -0.299. The van der Waals surface area contributed by atoms with Crippen molar-refractivity contribution in [3.63, 3.8) is 0 Å². The zero-order valence-corrected chi connectivity index (χ0v) is 10.2. The molecule has 2 aliphatic heterocycles. The Hall–Kier alpha value is -1.88. The van der Waals surface area contributed by atoms with Crippen LogP contribution in [0.5, 0.6) is 0 Å². The van der Waals surface area contributed by atoms with Crippen molar-refractivity contribution in [2.75, 3.05) is 7.05 Å². The van der Waals surface area contributed by atoms with Crippen molar-refractivity contribution in [3.05, 3.63) is 34.3 Å². The molecule has 3 rings (SSSR count). The second-order valence-electron chi connectivity index (χ2n) is 4.47. The van der Waals surface area contributed by atoms with Crippen LogP contribution >= 0.6 is 11.6 Å². The first-order valence-corrected chi connectivity index (χ1v) is 5.77. The van der Waals surface area contributed by atoms with Crippen LogP contribution in [0.2, 0.25) is 5.02 Å². The zero-order valence-electron chi connectivity index (χ0n) is 9.49. The molecule has 1 aromatic rings. The van der Waals surface area contributed by atoms with Gasteiger partial charge in [-0.2, -0.15) is 0 Å². The third-order valence-corrected chi connectivity index (χ3v) is 3.81. The minimum Gasteiger partial charge on any atom is -0.323 e. The number of carbonyl (C=O) groups is 3. The normalized spacial score (nSPS) is 25.9. The number of likely N-dealkylation sites (N-methyl/N-ethyl adjacent to an activating group) is 1. The molecule has 2 aliphatic rings. The minimum atomic E-state index is -1.23. The van der Waals surface area contributed by atoms with Crippen LogP contribution < -0.4 is 5.32 Å². The molecule has 0 saturated carbocycles. The molecular formula is C12H9ClN2O3. The van der Waals surface area contributed by atoms with Gasteiger partial charge in [0.25, 0.3) is 11.8 Å². The number of nitrogens with one attached hydrogen (secondary N) is 1. The van der Waals surface area contributed by atoms with Gasteiger partial charge in [0.05, 0.1) is 6.42 Å². The number of rotatable bonds is 0. The summed E-state index contributed by atoms with van der Waals surface area (Å²) < 4.78 is 0. The minimum absolute atomic E-state index is 0.0542. The van der Waals surface area contributed by atoms with Gasteiger partial charge in [-0.25, -0.2) is 0 Å². The number of benzene rings is 1. The SMILES string of the molecule is CN1C(=O)c2ccc(Cl)cc2[C@@]12CC(=O)NC2=O. The topological polar surface area (TPSA) is 66.5 Å². The Balaban J connectivity index is 2.30. The number of halogens is 1. The molecule has 0 radical (unpaired) electrons. The molecule has 1 N–H and O–H groups in total. The first-order valence-electron chi connectivity index (χ1n) is 5.39. The Labute approximate surface area is 108 Å². The highest BCUT2D eigenvalue weighted by molar-refractivity contribution is 6.31. The predicted octanol–water partition coefficient (Wildman–Crippen LogP) is 0.667.